The van der Waals surface area contributed by atoms with E-state index in [9.17, 15) is 9.59 Å². The van der Waals surface area contributed by atoms with Crippen LogP contribution in [0, 0.1) is 0 Å². The first-order chi connectivity index (χ1) is 10.7. The Morgan fingerprint density at radius 2 is 2.27 bits per heavy atom. The molecule has 0 bridgehead atoms. The highest BCUT2D eigenvalue weighted by Gasteiger charge is 2.40. The Bertz CT molecular complexity index is 559. The molecule has 7 nitrogen and oxygen atoms in total. The summed E-state index contributed by atoms with van der Waals surface area (Å²) in [6.45, 7) is 3.92. The molecule has 2 aliphatic heterocycles. The van der Waals surface area contributed by atoms with Gasteiger partial charge < -0.3 is 10.1 Å². The number of ether oxygens (including phenoxy) is 1. The lowest BCUT2D eigenvalue weighted by atomic mass is 9.95. The van der Waals surface area contributed by atoms with Crippen molar-refractivity contribution in [2.75, 3.05) is 44.4 Å². The number of carbonyl (C=O) groups is 1. The molecule has 0 unspecified atom stereocenters. The fourth-order valence-corrected chi connectivity index (χ4v) is 4.42. The molecule has 2 aliphatic rings. The Kier molecular flexibility index (Phi) is 4.80. The van der Waals surface area contributed by atoms with Gasteiger partial charge in [-0.15, -0.1) is 0 Å². The fourth-order valence-electron chi connectivity index (χ4n) is 2.94. The summed E-state index contributed by atoms with van der Waals surface area (Å²) in [6, 6.07) is 2.75. The van der Waals surface area contributed by atoms with Crippen LogP contribution in [0.15, 0.2) is 16.9 Å². The SMILES string of the molecule is O=C(NC[C@@]1(N2CCOCC2)CCSC1)c1ccc(=O)[nH]n1. The lowest BCUT2D eigenvalue weighted by Crippen LogP contribution is -2.59. The van der Waals surface area contributed by atoms with Gasteiger partial charge in [-0.3, -0.25) is 14.5 Å². The van der Waals surface area contributed by atoms with Gasteiger partial charge in [-0.05, 0) is 18.2 Å². The lowest BCUT2D eigenvalue weighted by molar-refractivity contribution is -0.0129. The van der Waals surface area contributed by atoms with Gasteiger partial charge in [-0.25, -0.2) is 5.10 Å². The van der Waals surface area contributed by atoms with Crippen molar-refractivity contribution in [2.45, 2.75) is 12.0 Å². The van der Waals surface area contributed by atoms with E-state index in [1.165, 1.54) is 12.1 Å². The molecule has 8 heteroatoms. The number of aromatic amines is 1. The molecule has 2 N–H and O–H groups in total. The standard InChI is InChI=1S/C14H20N4O3S/c19-12-2-1-11(16-17-12)13(20)15-9-14(3-8-22-10-14)18-4-6-21-7-5-18/h1-2H,3-10H2,(H,15,20)(H,17,19)/t14-/m0/s1. The quantitative estimate of drug-likeness (QED) is 0.791. The summed E-state index contributed by atoms with van der Waals surface area (Å²) in [6.07, 6.45) is 1.07. The second kappa shape index (κ2) is 6.80. The van der Waals surface area contributed by atoms with E-state index < -0.39 is 0 Å². The van der Waals surface area contributed by atoms with Crippen LogP contribution in [0.2, 0.25) is 0 Å². The first-order valence-corrected chi connectivity index (χ1v) is 8.60. The topological polar surface area (TPSA) is 87.3 Å². The molecule has 2 saturated heterocycles. The number of nitrogens with zero attached hydrogens (tertiary/aromatic N) is 2. The minimum absolute atomic E-state index is 0.00625. The van der Waals surface area contributed by atoms with Crippen molar-refractivity contribution in [3.63, 3.8) is 0 Å². The fraction of sp³-hybridized carbons (Fsp3) is 0.643. The Labute approximate surface area is 132 Å². The van der Waals surface area contributed by atoms with Crippen LogP contribution in [0.25, 0.3) is 0 Å². The molecule has 2 fully saturated rings. The van der Waals surface area contributed by atoms with Gasteiger partial charge >= 0.3 is 0 Å². The van der Waals surface area contributed by atoms with Gasteiger partial charge in [0.05, 0.1) is 13.2 Å². The third-order valence-electron chi connectivity index (χ3n) is 4.25. The number of morpholine rings is 1. The number of carbonyl (C=O) groups excluding carboxylic acids is 1. The van der Waals surface area contributed by atoms with Crippen LogP contribution in [0.3, 0.4) is 0 Å². The number of thioether (sulfide) groups is 1. The van der Waals surface area contributed by atoms with E-state index in [1.807, 2.05) is 11.8 Å². The minimum Gasteiger partial charge on any atom is -0.379 e. The smallest absolute Gasteiger partial charge is 0.271 e. The molecule has 0 saturated carbocycles. The molecule has 1 amide bonds. The molecule has 120 valence electrons. The van der Waals surface area contributed by atoms with E-state index >= 15 is 0 Å². The van der Waals surface area contributed by atoms with Crippen molar-refractivity contribution in [2.24, 2.45) is 0 Å². The maximum atomic E-state index is 12.2. The number of hydrogen-bond acceptors (Lipinski definition) is 6. The maximum absolute atomic E-state index is 12.2. The van der Waals surface area contributed by atoms with Gasteiger partial charge in [0, 0.05) is 37.0 Å². The lowest BCUT2D eigenvalue weighted by Gasteiger charge is -2.43. The summed E-state index contributed by atoms with van der Waals surface area (Å²) >= 11 is 1.93. The zero-order valence-electron chi connectivity index (χ0n) is 12.3. The van der Waals surface area contributed by atoms with E-state index in [1.54, 1.807) is 0 Å². The number of amides is 1. The summed E-state index contributed by atoms with van der Waals surface area (Å²) < 4.78 is 5.43. The normalized spacial score (nSPS) is 26.0. The van der Waals surface area contributed by atoms with Crippen molar-refractivity contribution in [1.82, 2.24) is 20.4 Å². The minimum atomic E-state index is -0.312. The zero-order valence-corrected chi connectivity index (χ0v) is 13.2. The molecule has 0 spiro atoms. The molecule has 1 aromatic rings. The second-order valence-electron chi connectivity index (χ2n) is 5.62. The van der Waals surface area contributed by atoms with Crippen LogP contribution in [0.4, 0.5) is 0 Å². The average Bonchev–Trinajstić information content (AvgIpc) is 3.04. The van der Waals surface area contributed by atoms with Gasteiger partial charge in [-0.2, -0.15) is 16.9 Å². The largest absolute Gasteiger partial charge is 0.379 e. The first kappa shape index (κ1) is 15.5. The Balaban J connectivity index is 1.65. The summed E-state index contributed by atoms with van der Waals surface area (Å²) in [5.41, 5.74) is -0.0670. The molecule has 1 atom stereocenters. The maximum Gasteiger partial charge on any atom is 0.271 e. The van der Waals surface area contributed by atoms with Gasteiger partial charge in [0.25, 0.3) is 11.5 Å². The Morgan fingerprint density at radius 1 is 1.45 bits per heavy atom. The predicted octanol–water partition coefficient (Wildman–Crippen LogP) is -0.292. The van der Waals surface area contributed by atoms with Crippen LogP contribution >= 0.6 is 11.8 Å². The van der Waals surface area contributed by atoms with E-state index in [4.69, 9.17) is 4.74 Å². The van der Waals surface area contributed by atoms with E-state index in [0.29, 0.717) is 6.54 Å². The van der Waals surface area contributed by atoms with Crippen molar-refractivity contribution in [3.05, 3.63) is 28.2 Å². The zero-order chi connectivity index (χ0) is 15.4. The summed E-state index contributed by atoms with van der Waals surface area (Å²) in [7, 11) is 0. The molecule has 22 heavy (non-hydrogen) atoms. The van der Waals surface area contributed by atoms with Crippen molar-refractivity contribution >= 4 is 17.7 Å². The molecule has 3 heterocycles. The molecular weight excluding hydrogens is 304 g/mol. The number of rotatable bonds is 4. The summed E-state index contributed by atoms with van der Waals surface area (Å²) in [5, 5.41) is 9.03. The second-order valence-corrected chi connectivity index (χ2v) is 6.72. The monoisotopic (exact) mass is 324 g/mol. The van der Waals surface area contributed by atoms with Crippen LogP contribution in [0.1, 0.15) is 16.9 Å². The highest BCUT2D eigenvalue weighted by molar-refractivity contribution is 7.99. The van der Waals surface area contributed by atoms with Gasteiger partial charge in [0.1, 0.15) is 5.69 Å². The third-order valence-corrected chi connectivity index (χ3v) is 5.49. The van der Waals surface area contributed by atoms with E-state index in [2.05, 4.69) is 20.4 Å². The Hall–Kier alpha value is -1.38. The van der Waals surface area contributed by atoms with E-state index in [0.717, 1.165) is 44.2 Å². The molecule has 3 rings (SSSR count). The number of nitrogens with one attached hydrogen (secondary N) is 2. The highest BCUT2D eigenvalue weighted by Crippen LogP contribution is 2.33. The van der Waals surface area contributed by atoms with Crippen molar-refractivity contribution < 1.29 is 9.53 Å². The van der Waals surface area contributed by atoms with Crippen LogP contribution in [-0.2, 0) is 4.74 Å². The van der Waals surface area contributed by atoms with Gasteiger partial charge in [0.15, 0.2) is 0 Å². The molecule has 1 aromatic heterocycles. The average molecular weight is 324 g/mol. The van der Waals surface area contributed by atoms with Gasteiger partial charge in [0.2, 0.25) is 0 Å². The molecule has 0 aromatic carbocycles. The van der Waals surface area contributed by atoms with Crippen molar-refractivity contribution in [1.29, 1.82) is 0 Å². The first-order valence-electron chi connectivity index (χ1n) is 7.44. The van der Waals surface area contributed by atoms with Gasteiger partial charge in [-0.1, -0.05) is 0 Å². The van der Waals surface area contributed by atoms with Crippen LogP contribution < -0.4 is 10.9 Å². The summed E-state index contributed by atoms with van der Waals surface area (Å²) in [4.78, 5) is 25.6. The predicted molar refractivity (Wildman–Crippen MR) is 84.3 cm³/mol. The number of aromatic nitrogens is 2. The Morgan fingerprint density at radius 3 is 2.91 bits per heavy atom. The third kappa shape index (κ3) is 3.34. The highest BCUT2D eigenvalue weighted by atomic mass is 32.2. The van der Waals surface area contributed by atoms with Crippen LogP contribution in [-0.4, -0.2) is 70.9 Å². The number of H-pyrrole nitrogens is 1. The molecule has 0 aliphatic carbocycles. The van der Waals surface area contributed by atoms with Crippen LogP contribution in [0.5, 0.6) is 0 Å². The molecular formula is C14H20N4O3S. The van der Waals surface area contributed by atoms with Crippen molar-refractivity contribution in [3.8, 4) is 0 Å². The molecule has 0 radical (unpaired) electrons. The summed E-state index contributed by atoms with van der Waals surface area (Å²) in [5.74, 6) is 1.89. The van der Waals surface area contributed by atoms with E-state index in [-0.39, 0.29) is 22.7 Å². The number of hydrogen-bond donors (Lipinski definition) is 2.